The Balaban J connectivity index is 1.52. The number of hydrazine groups is 1. The number of hydrogen-bond donors (Lipinski definition) is 1. The summed E-state index contributed by atoms with van der Waals surface area (Å²) in [6.45, 7) is 2.23. The molecule has 136 valence electrons. The number of anilines is 1. The van der Waals surface area contributed by atoms with E-state index < -0.39 is 0 Å². The summed E-state index contributed by atoms with van der Waals surface area (Å²) in [4.78, 5) is 24.7. The molecule has 0 spiro atoms. The van der Waals surface area contributed by atoms with Crippen molar-refractivity contribution in [3.63, 3.8) is 0 Å². The Labute approximate surface area is 155 Å². The van der Waals surface area contributed by atoms with Gasteiger partial charge in [-0.2, -0.15) is 5.01 Å². The summed E-state index contributed by atoms with van der Waals surface area (Å²) < 4.78 is 0. The summed E-state index contributed by atoms with van der Waals surface area (Å²) in [5, 5.41) is 1.09. The van der Waals surface area contributed by atoms with Crippen molar-refractivity contribution in [2.45, 2.75) is 51.9 Å². The molecule has 4 heteroatoms. The monoisotopic (exact) mass is 350 g/mol. The number of carbonyl (C=O) groups excluding carboxylic acids is 2. The molecule has 1 aliphatic rings. The molecule has 0 saturated heterocycles. The van der Waals surface area contributed by atoms with E-state index in [0.29, 0.717) is 11.1 Å². The molecule has 0 atom stereocenters. The number of imide groups is 1. The molecule has 26 heavy (non-hydrogen) atoms. The van der Waals surface area contributed by atoms with Crippen molar-refractivity contribution in [1.82, 2.24) is 5.01 Å². The normalized spacial score (nSPS) is 13.2. The SMILES string of the molecule is CCCCCCCCc1ccc(NN2C(=O)c3ccccc3C2=O)cc1. The first-order valence-electron chi connectivity index (χ1n) is 9.54. The topological polar surface area (TPSA) is 49.4 Å². The van der Waals surface area contributed by atoms with Crippen LogP contribution >= 0.6 is 0 Å². The second-order valence-corrected chi connectivity index (χ2v) is 6.82. The Hall–Kier alpha value is -2.62. The number of carbonyl (C=O) groups is 2. The van der Waals surface area contributed by atoms with E-state index >= 15 is 0 Å². The van der Waals surface area contributed by atoms with E-state index in [-0.39, 0.29) is 11.8 Å². The van der Waals surface area contributed by atoms with Crippen molar-refractivity contribution in [3.05, 3.63) is 65.2 Å². The molecular weight excluding hydrogens is 324 g/mol. The van der Waals surface area contributed by atoms with Crippen LogP contribution in [0.3, 0.4) is 0 Å². The Bertz CT molecular complexity index is 733. The van der Waals surface area contributed by atoms with Gasteiger partial charge in [0, 0.05) is 0 Å². The highest BCUT2D eigenvalue weighted by Crippen LogP contribution is 2.23. The average Bonchev–Trinajstić information content (AvgIpc) is 2.91. The minimum absolute atomic E-state index is 0.304. The Morgan fingerprint density at radius 1 is 0.769 bits per heavy atom. The molecule has 1 heterocycles. The van der Waals surface area contributed by atoms with Crippen LogP contribution in [0.5, 0.6) is 0 Å². The van der Waals surface area contributed by atoms with Gasteiger partial charge in [0.25, 0.3) is 11.8 Å². The van der Waals surface area contributed by atoms with E-state index in [4.69, 9.17) is 0 Å². The van der Waals surface area contributed by atoms with Crippen LogP contribution in [0, 0.1) is 0 Å². The quantitative estimate of drug-likeness (QED) is 0.499. The van der Waals surface area contributed by atoms with E-state index in [1.54, 1.807) is 24.3 Å². The lowest BCUT2D eigenvalue weighted by atomic mass is 10.0. The highest BCUT2D eigenvalue weighted by molar-refractivity contribution is 6.21. The van der Waals surface area contributed by atoms with Gasteiger partial charge in [-0.15, -0.1) is 0 Å². The van der Waals surface area contributed by atoms with Gasteiger partial charge in [-0.3, -0.25) is 15.0 Å². The fourth-order valence-electron chi connectivity index (χ4n) is 3.28. The van der Waals surface area contributed by atoms with Gasteiger partial charge in [0.1, 0.15) is 0 Å². The van der Waals surface area contributed by atoms with E-state index in [0.717, 1.165) is 17.1 Å². The van der Waals surface area contributed by atoms with Crippen LogP contribution in [0.15, 0.2) is 48.5 Å². The first-order chi connectivity index (χ1) is 12.7. The van der Waals surface area contributed by atoms with Crippen LogP contribution in [0.2, 0.25) is 0 Å². The zero-order valence-electron chi connectivity index (χ0n) is 15.3. The number of aryl methyl sites for hydroxylation is 1. The largest absolute Gasteiger partial charge is 0.288 e. The molecule has 0 radical (unpaired) electrons. The number of rotatable bonds is 9. The second kappa shape index (κ2) is 8.65. The minimum Gasteiger partial charge on any atom is -0.288 e. The minimum atomic E-state index is -0.304. The lowest BCUT2D eigenvalue weighted by Crippen LogP contribution is -2.35. The molecule has 2 amide bonds. The van der Waals surface area contributed by atoms with Crippen molar-refractivity contribution in [2.75, 3.05) is 5.43 Å². The second-order valence-electron chi connectivity index (χ2n) is 6.82. The molecule has 0 fully saturated rings. The van der Waals surface area contributed by atoms with E-state index in [1.807, 2.05) is 12.1 Å². The Morgan fingerprint density at radius 3 is 1.96 bits per heavy atom. The van der Waals surface area contributed by atoms with Crippen molar-refractivity contribution in [1.29, 1.82) is 0 Å². The number of amides is 2. The van der Waals surface area contributed by atoms with Gasteiger partial charge in [-0.05, 0) is 42.7 Å². The summed E-state index contributed by atoms with van der Waals surface area (Å²) in [6.07, 6.45) is 8.80. The summed E-state index contributed by atoms with van der Waals surface area (Å²) >= 11 is 0. The molecule has 2 aromatic rings. The smallest absolute Gasteiger partial charge is 0.280 e. The van der Waals surface area contributed by atoms with Gasteiger partial charge in [0.05, 0.1) is 16.8 Å². The number of benzene rings is 2. The number of unbranched alkanes of at least 4 members (excludes halogenated alkanes) is 5. The average molecular weight is 350 g/mol. The van der Waals surface area contributed by atoms with Crippen LogP contribution in [0.25, 0.3) is 0 Å². The molecule has 4 nitrogen and oxygen atoms in total. The Morgan fingerprint density at radius 2 is 1.35 bits per heavy atom. The first kappa shape index (κ1) is 18.2. The summed E-state index contributed by atoms with van der Waals surface area (Å²) in [7, 11) is 0. The van der Waals surface area contributed by atoms with Crippen LogP contribution in [-0.4, -0.2) is 16.8 Å². The lowest BCUT2D eigenvalue weighted by molar-refractivity contribution is 0.0691. The van der Waals surface area contributed by atoms with Crippen molar-refractivity contribution in [3.8, 4) is 0 Å². The molecule has 0 aliphatic carbocycles. The maximum atomic E-state index is 12.4. The maximum absolute atomic E-state index is 12.4. The molecular formula is C22H26N2O2. The van der Waals surface area contributed by atoms with Crippen molar-refractivity contribution in [2.24, 2.45) is 0 Å². The van der Waals surface area contributed by atoms with Gasteiger partial charge in [-0.25, -0.2) is 0 Å². The summed E-state index contributed by atoms with van der Waals surface area (Å²) in [6, 6.07) is 14.9. The van der Waals surface area contributed by atoms with Gasteiger partial charge < -0.3 is 0 Å². The van der Waals surface area contributed by atoms with Crippen LogP contribution in [-0.2, 0) is 6.42 Å². The lowest BCUT2D eigenvalue weighted by Gasteiger charge is -2.16. The maximum Gasteiger partial charge on any atom is 0.280 e. The van der Waals surface area contributed by atoms with Crippen molar-refractivity contribution < 1.29 is 9.59 Å². The van der Waals surface area contributed by atoms with Crippen LogP contribution in [0.4, 0.5) is 5.69 Å². The van der Waals surface area contributed by atoms with E-state index in [2.05, 4.69) is 24.5 Å². The fraction of sp³-hybridized carbons (Fsp3) is 0.364. The van der Waals surface area contributed by atoms with Gasteiger partial charge >= 0.3 is 0 Å². The zero-order valence-corrected chi connectivity index (χ0v) is 15.3. The van der Waals surface area contributed by atoms with E-state index in [9.17, 15) is 9.59 Å². The fourth-order valence-corrected chi connectivity index (χ4v) is 3.28. The predicted octanol–water partition coefficient (Wildman–Crippen LogP) is 5.21. The van der Waals surface area contributed by atoms with Crippen molar-refractivity contribution >= 4 is 17.5 Å². The first-order valence-corrected chi connectivity index (χ1v) is 9.54. The zero-order chi connectivity index (χ0) is 18.4. The molecule has 2 aromatic carbocycles. The number of nitrogens with one attached hydrogen (secondary N) is 1. The third-order valence-corrected chi connectivity index (χ3v) is 4.81. The number of hydrogen-bond acceptors (Lipinski definition) is 3. The van der Waals surface area contributed by atoms with Crippen LogP contribution < -0.4 is 5.43 Å². The Kier molecular flexibility index (Phi) is 6.05. The molecule has 0 unspecified atom stereocenters. The summed E-state index contributed by atoms with van der Waals surface area (Å²) in [5.74, 6) is -0.608. The van der Waals surface area contributed by atoms with Gasteiger partial charge in [0.2, 0.25) is 0 Å². The molecule has 1 N–H and O–H groups in total. The third-order valence-electron chi connectivity index (χ3n) is 4.81. The number of nitrogens with zero attached hydrogens (tertiary/aromatic N) is 1. The van der Waals surface area contributed by atoms with E-state index in [1.165, 1.54) is 44.1 Å². The van der Waals surface area contributed by atoms with Gasteiger partial charge in [0.15, 0.2) is 0 Å². The summed E-state index contributed by atoms with van der Waals surface area (Å²) in [5.41, 5.74) is 5.86. The van der Waals surface area contributed by atoms with Gasteiger partial charge in [-0.1, -0.05) is 63.3 Å². The highest BCUT2D eigenvalue weighted by Gasteiger charge is 2.35. The highest BCUT2D eigenvalue weighted by atomic mass is 16.2. The molecule has 0 saturated carbocycles. The molecule has 1 aliphatic heterocycles. The number of fused-ring (bicyclic) bond motifs is 1. The molecule has 3 rings (SSSR count). The standard InChI is InChI=1S/C22H26N2O2/c1-2-3-4-5-6-7-10-17-13-15-18(16-14-17)23-24-21(25)19-11-8-9-12-20(19)22(24)26/h8-9,11-16,23H,2-7,10H2,1H3. The van der Waals surface area contributed by atoms with Crippen LogP contribution in [0.1, 0.15) is 71.7 Å². The third kappa shape index (κ3) is 4.13. The molecule has 0 bridgehead atoms. The predicted molar refractivity (Wildman–Crippen MR) is 104 cm³/mol. The molecule has 0 aromatic heterocycles.